The molecule has 2 aromatic rings. The number of nitrogens with two attached hydrogens (primary N) is 1. The molecule has 3 heterocycles. The maximum Gasteiger partial charge on any atom is 0.121 e. The Labute approximate surface area is 105 Å². The molecule has 3 N–H and O–H groups in total. The monoisotopic (exact) mass is 250 g/mol. The molecule has 0 bridgehead atoms. The van der Waals surface area contributed by atoms with Crippen LogP contribution < -0.4 is 11.1 Å². The fraction of sp³-hybridized carbons (Fsp3) is 0.583. The minimum atomic E-state index is 0.241. The van der Waals surface area contributed by atoms with Crippen LogP contribution in [0.3, 0.4) is 0 Å². The van der Waals surface area contributed by atoms with Gasteiger partial charge < -0.3 is 11.1 Å². The molecule has 2 unspecified atom stereocenters. The molecule has 4 nitrogen and oxygen atoms in total. The lowest BCUT2D eigenvalue weighted by Crippen LogP contribution is -2.42. The van der Waals surface area contributed by atoms with Crippen LogP contribution in [0.4, 0.5) is 0 Å². The highest BCUT2D eigenvalue weighted by atomic mass is 32.1. The van der Waals surface area contributed by atoms with E-state index in [-0.39, 0.29) is 6.04 Å². The number of hydrogen-bond acceptors (Lipinski definition) is 4. The summed E-state index contributed by atoms with van der Waals surface area (Å²) in [6.07, 6.45) is 2.30. The summed E-state index contributed by atoms with van der Waals surface area (Å²) >= 11 is 1.81. The molecule has 5 heteroatoms. The molecule has 0 radical (unpaired) electrons. The minimum Gasteiger partial charge on any atom is -0.326 e. The van der Waals surface area contributed by atoms with E-state index in [1.165, 1.54) is 21.5 Å². The second kappa shape index (κ2) is 4.08. The van der Waals surface area contributed by atoms with Crippen LogP contribution in [0.2, 0.25) is 0 Å². The van der Waals surface area contributed by atoms with E-state index in [1.54, 1.807) is 0 Å². The lowest BCUT2D eigenvalue weighted by Gasteiger charge is -2.28. The van der Waals surface area contributed by atoms with Crippen molar-refractivity contribution in [3.05, 3.63) is 16.6 Å². The van der Waals surface area contributed by atoms with Gasteiger partial charge in [-0.15, -0.1) is 11.3 Å². The molecule has 1 aliphatic heterocycles. The van der Waals surface area contributed by atoms with Crippen LogP contribution in [0, 0.1) is 6.92 Å². The average molecular weight is 250 g/mol. The Kier molecular flexibility index (Phi) is 2.69. The largest absolute Gasteiger partial charge is 0.326 e. The fourth-order valence-electron chi connectivity index (χ4n) is 2.60. The lowest BCUT2D eigenvalue weighted by molar-refractivity contribution is 0.363. The molecule has 0 amide bonds. The van der Waals surface area contributed by atoms with Crippen molar-refractivity contribution < 1.29 is 0 Å². The normalized spacial score (nSPS) is 25.6. The van der Waals surface area contributed by atoms with Crippen LogP contribution in [-0.4, -0.2) is 22.4 Å². The predicted octanol–water partition coefficient (Wildman–Crippen LogP) is 1.70. The number of nitrogens with zero attached hydrogens (tertiary/aromatic N) is 2. The number of thiophene rings is 1. The van der Waals surface area contributed by atoms with Crippen LogP contribution in [0.1, 0.15) is 29.5 Å². The average Bonchev–Trinajstić information content (AvgIpc) is 2.83. The van der Waals surface area contributed by atoms with Gasteiger partial charge in [0.25, 0.3) is 0 Å². The summed E-state index contributed by atoms with van der Waals surface area (Å²) in [6, 6.07) is 2.82. The van der Waals surface area contributed by atoms with E-state index in [0.717, 1.165) is 18.7 Å². The summed E-state index contributed by atoms with van der Waals surface area (Å²) in [5, 5.41) is 9.23. The Bertz CT molecular complexity index is 507. The van der Waals surface area contributed by atoms with Crippen LogP contribution >= 0.6 is 11.3 Å². The van der Waals surface area contributed by atoms with Gasteiger partial charge in [0.1, 0.15) is 4.83 Å². The van der Waals surface area contributed by atoms with Gasteiger partial charge >= 0.3 is 0 Å². The third-order valence-corrected chi connectivity index (χ3v) is 4.81. The molecule has 1 fully saturated rings. The van der Waals surface area contributed by atoms with E-state index in [9.17, 15) is 0 Å². The molecule has 0 saturated carbocycles. The number of rotatable bonds is 1. The van der Waals surface area contributed by atoms with Gasteiger partial charge in [-0.05, 0) is 32.4 Å². The smallest absolute Gasteiger partial charge is 0.121 e. The molecular weight excluding hydrogens is 232 g/mol. The van der Waals surface area contributed by atoms with E-state index in [4.69, 9.17) is 5.73 Å². The predicted molar refractivity (Wildman–Crippen MR) is 71.3 cm³/mol. The van der Waals surface area contributed by atoms with Crippen LogP contribution in [0.15, 0.2) is 6.07 Å². The zero-order chi connectivity index (χ0) is 12.0. The third-order valence-electron chi connectivity index (χ3n) is 3.53. The van der Waals surface area contributed by atoms with Crippen LogP contribution in [0.25, 0.3) is 10.2 Å². The van der Waals surface area contributed by atoms with E-state index in [0.29, 0.717) is 6.04 Å². The van der Waals surface area contributed by atoms with E-state index < -0.39 is 0 Å². The van der Waals surface area contributed by atoms with Crippen LogP contribution in [0.5, 0.6) is 0 Å². The summed E-state index contributed by atoms with van der Waals surface area (Å²) in [5.41, 5.74) is 7.31. The summed E-state index contributed by atoms with van der Waals surface area (Å²) in [6.45, 7) is 3.14. The zero-order valence-electron chi connectivity index (χ0n) is 10.2. The topological polar surface area (TPSA) is 55.9 Å². The van der Waals surface area contributed by atoms with Crippen molar-refractivity contribution in [3.63, 3.8) is 0 Å². The van der Waals surface area contributed by atoms with Crippen molar-refractivity contribution in [2.45, 2.75) is 31.8 Å². The standard InChI is InChI=1S/C12H18N4S/c1-7-8-6-10(17-12(8)16(2)15-7)11-9(13)4-3-5-14-11/h6,9,11,14H,3-5,13H2,1-2H3. The molecule has 1 aliphatic rings. The van der Waals surface area contributed by atoms with Crippen molar-refractivity contribution in [2.75, 3.05) is 6.54 Å². The molecule has 0 aliphatic carbocycles. The number of aromatic nitrogens is 2. The molecule has 1 saturated heterocycles. The molecule has 92 valence electrons. The van der Waals surface area contributed by atoms with Gasteiger partial charge in [-0.25, -0.2) is 0 Å². The third kappa shape index (κ3) is 1.78. The Morgan fingerprint density at radius 2 is 2.41 bits per heavy atom. The van der Waals surface area contributed by atoms with Gasteiger partial charge in [0, 0.05) is 23.4 Å². The summed E-state index contributed by atoms with van der Waals surface area (Å²) in [4.78, 5) is 2.60. The van der Waals surface area contributed by atoms with Gasteiger partial charge in [-0.2, -0.15) is 5.10 Å². The van der Waals surface area contributed by atoms with Gasteiger partial charge in [-0.3, -0.25) is 4.68 Å². The minimum absolute atomic E-state index is 0.241. The van der Waals surface area contributed by atoms with Crippen molar-refractivity contribution >= 4 is 21.6 Å². The second-order valence-electron chi connectivity index (χ2n) is 4.81. The van der Waals surface area contributed by atoms with E-state index in [1.807, 2.05) is 23.1 Å². The quantitative estimate of drug-likeness (QED) is 0.810. The maximum absolute atomic E-state index is 6.20. The molecular formula is C12H18N4S. The molecule has 0 spiro atoms. The highest BCUT2D eigenvalue weighted by Crippen LogP contribution is 2.34. The van der Waals surface area contributed by atoms with E-state index in [2.05, 4.69) is 23.4 Å². The summed E-state index contributed by atoms with van der Waals surface area (Å²) < 4.78 is 1.97. The van der Waals surface area contributed by atoms with Gasteiger partial charge in [-0.1, -0.05) is 0 Å². The first-order valence-electron chi connectivity index (χ1n) is 6.09. The summed E-state index contributed by atoms with van der Waals surface area (Å²) in [7, 11) is 2.00. The Morgan fingerprint density at radius 1 is 1.59 bits per heavy atom. The van der Waals surface area contributed by atoms with Crippen molar-refractivity contribution in [2.24, 2.45) is 12.8 Å². The van der Waals surface area contributed by atoms with Gasteiger partial charge in [0.2, 0.25) is 0 Å². The van der Waals surface area contributed by atoms with Gasteiger partial charge in [0.05, 0.1) is 11.7 Å². The highest BCUT2D eigenvalue weighted by Gasteiger charge is 2.25. The fourth-order valence-corrected chi connectivity index (χ4v) is 3.88. The van der Waals surface area contributed by atoms with Gasteiger partial charge in [0.15, 0.2) is 0 Å². The number of piperidine rings is 1. The Hall–Kier alpha value is -0.910. The Morgan fingerprint density at radius 3 is 3.12 bits per heavy atom. The first kappa shape index (κ1) is 11.2. The highest BCUT2D eigenvalue weighted by molar-refractivity contribution is 7.18. The zero-order valence-corrected chi connectivity index (χ0v) is 11.0. The molecule has 0 aromatic carbocycles. The molecule has 3 rings (SSSR count). The second-order valence-corrected chi connectivity index (χ2v) is 5.88. The first-order valence-corrected chi connectivity index (χ1v) is 6.90. The van der Waals surface area contributed by atoms with Crippen molar-refractivity contribution in [1.82, 2.24) is 15.1 Å². The number of hydrogen-bond donors (Lipinski definition) is 2. The SMILES string of the molecule is Cc1nn(C)c2sc(C3NCCCC3N)cc12. The summed E-state index contributed by atoms with van der Waals surface area (Å²) in [5.74, 6) is 0. The molecule has 2 aromatic heterocycles. The maximum atomic E-state index is 6.20. The van der Waals surface area contributed by atoms with Crippen LogP contribution in [-0.2, 0) is 7.05 Å². The van der Waals surface area contributed by atoms with E-state index >= 15 is 0 Å². The number of fused-ring (bicyclic) bond motifs is 1. The molecule has 17 heavy (non-hydrogen) atoms. The number of nitrogens with one attached hydrogen (secondary N) is 1. The first-order chi connectivity index (χ1) is 8.16. The number of aryl methyl sites for hydroxylation is 2. The molecule has 2 atom stereocenters. The Balaban J connectivity index is 2.02. The van der Waals surface area contributed by atoms with Crippen molar-refractivity contribution in [3.8, 4) is 0 Å². The lowest BCUT2D eigenvalue weighted by atomic mass is 9.98. The van der Waals surface area contributed by atoms with Crippen molar-refractivity contribution in [1.29, 1.82) is 0 Å².